The molecule has 3 saturated heterocycles. The molecule has 7 heterocycles. The van der Waals surface area contributed by atoms with E-state index in [-0.39, 0.29) is 23.8 Å². The number of aryl methyl sites for hydroxylation is 1. The van der Waals surface area contributed by atoms with Crippen LogP contribution in [0.25, 0.3) is 11.2 Å². The van der Waals surface area contributed by atoms with Gasteiger partial charge >= 0.3 is 6.09 Å². The second-order valence-electron chi connectivity index (χ2n) is 13.8. The highest BCUT2D eigenvalue weighted by Crippen LogP contribution is 2.44. The van der Waals surface area contributed by atoms with E-state index >= 15 is 0 Å². The van der Waals surface area contributed by atoms with Gasteiger partial charge in [0, 0.05) is 37.9 Å². The van der Waals surface area contributed by atoms with E-state index in [1.165, 1.54) is 0 Å². The number of nitrogens with one attached hydrogen (secondary N) is 1. The van der Waals surface area contributed by atoms with Gasteiger partial charge in [-0.2, -0.15) is 0 Å². The lowest BCUT2D eigenvalue weighted by Gasteiger charge is -2.43. The number of halogens is 1. The number of fused-ring (bicyclic) bond motifs is 2. The number of ether oxygens (including phenoxy) is 3. The molecule has 0 aliphatic carbocycles. The topological polar surface area (TPSA) is 120 Å². The minimum atomic E-state index is -0.559. The van der Waals surface area contributed by atoms with Crippen molar-refractivity contribution in [2.75, 3.05) is 42.6 Å². The highest BCUT2D eigenvalue weighted by atomic mass is 79.9. The fourth-order valence-electron chi connectivity index (χ4n) is 7.32. The van der Waals surface area contributed by atoms with E-state index in [1.807, 2.05) is 44.6 Å². The molecule has 3 aromatic heterocycles. The molecular formula is C32H43BrN8O4. The number of aromatic nitrogens is 5. The first-order valence-corrected chi connectivity index (χ1v) is 17.1. The third kappa shape index (κ3) is 5.87. The molecule has 3 fully saturated rings. The van der Waals surface area contributed by atoms with Gasteiger partial charge in [0.15, 0.2) is 29.0 Å². The Kier molecular flexibility index (Phi) is 8.14. The Morgan fingerprint density at radius 1 is 1.11 bits per heavy atom. The van der Waals surface area contributed by atoms with Crippen molar-refractivity contribution in [2.45, 2.75) is 96.6 Å². The molecule has 45 heavy (non-hydrogen) atoms. The Balaban J connectivity index is 1.19. The maximum atomic E-state index is 12.7. The molecule has 13 heteroatoms. The molecule has 0 saturated carbocycles. The normalized spacial score (nSPS) is 25.0. The monoisotopic (exact) mass is 682 g/mol. The largest absolute Gasteiger partial charge is 0.444 e. The summed E-state index contributed by atoms with van der Waals surface area (Å²) in [5.41, 5.74) is 2.91. The predicted octanol–water partition coefficient (Wildman–Crippen LogP) is 5.67. The maximum absolute atomic E-state index is 12.7. The van der Waals surface area contributed by atoms with Gasteiger partial charge in [-0.15, -0.1) is 5.10 Å². The van der Waals surface area contributed by atoms with Gasteiger partial charge in [0.05, 0.1) is 30.1 Å². The summed E-state index contributed by atoms with van der Waals surface area (Å²) >= 11 is 3.79. The minimum Gasteiger partial charge on any atom is -0.444 e. The molecular weight excluding hydrogens is 640 g/mol. The molecule has 1 unspecified atom stereocenters. The first-order valence-electron chi connectivity index (χ1n) is 16.3. The Morgan fingerprint density at radius 3 is 2.69 bits per heavy atom. The van der Waals surface area contributed by atoms with Crippen molar-refractivity contribution in [3.63, 3.8) is 0 Å². The SMILES string of the molecule is C[C@@H]1OCC2(CCN(c3nc4c(nc3Br)c(N3CCCc5ncccc53)nn4C3CCCCO3)CC2)[C@@H]1NC(=O)OC(C)(C)C. The van der Waals surface area contributed by atoms with Crippen LogP contribution in [0.5, 0.6) is 0 Å². The van der Waals surface area contributed by atoms with Crippen LogP contribution in [-0.2, 0) is 20.6 Å². The summed E-state index contributed by atoms with van der Waals surface area (Å²) in [4.78, 5) is 32.3. The smallest absolute Gasteiger partial charge is 0.407 e. The van der Waals surface area contributed by atoms with Crippen LogP contribution in [0.1, 0.15) is 78.1 Å². The van der Waals surface area contributed by atoms with Crippen LogP contribution >= 0.6 is 15.9 Å². The second kappa shape index (κ2) is 12.0. The third-order valence-corrected chi connectivity index (χ3v) is 10.1. The third-order valence-electron chi connectivity index (χ3n) is 9.58. The maximum Gasteiger partial charge on any atom is 0.407 e. The lowest BCUT2D eigenvalue weighted by molar-refractivity contribution is -0.0368. The van der Waals surface area contributed by atoms with Crippen LogP contribution < -0.4 is 15.1 Å². The van der Waals surface area contributed by atoms with Gasteiger partial charge < -0.3 is 29.3 Å². The lowest BCUT2D eigenvalue weighted by Crippen LogP contribution is -2.55. The standard InChI is InChI=1S/C32H43BrN8O4/c1-20-25(36-30(42)45-31(2,3)4)32(19-44-20)12-16-39(17-13-32)29-26(33)35-24-27(37-29)41(23-11-5-6-18-43-23)38-28(24)40-15-8-9-21-22(40)10-7-14-34-21/h7,10,14,20,23,25H,5-6,8-9,11-13,15-19H2,1-4H3,(H,36,42)/t20-,23?,25+/m0/s1. The Morgan fingerprint density at radius 2 is 1.93 bits per heavy atom. The summed E-state index contributed by atoms with van der Waals surface area (Å²) in [6.45, 7) is 11.3. The van der Waals surface area contributed by atoms with Crippen molar-refractivity contribution >= 4 is 50.5 Å². The van der Waals surface area contributed by atoms with Crippen molar-refractivity contribution in [1.29, 1.82) is 0 Å². The number of nitrogens with zero attached hydrogens (tertiary/aromatic N) is 7. The molecule has 4 aliphatic heterocycles. The minimum absolute atomic E-state index is 0.0923. The van der Waals surface area contributed by atoms with Crippen LogP contribution in [0.3, 0.4) is 0 Å². The molecule has 3 aromatic rings. The van der Waals surface area contributed by atoms with Crippen molar-refractivity contribution in [1.82, 2.24) is 30.0 Å². The Labute approximate surface area is 272 Å². The van der Waals surface area contributed by atoms with Gasteiger partial charge in [0.25, 0.3) is 0 Å². The number of amides is 1. The van der Waals surface area contributed by atoms with Gasteiger partial charge in [-0.25, -0.2) is 19.4 Å². The molecule has 12 nitrogen and oxygen atoms in total. The number of carbonyl (C=O) groups is 1. The fourth-order valence-corrected chi connectivity index (χ4v) is 7.84. The highest BCUT2D eigenvalue weighted by Gasteiger charge is 2.51. The highest BCUT2D eigenvalue weighted by molar-refractivity contribution is 9.10. The average molecular weight is 684 g/mol. The van der Waals surface area contributed by atoms with E-state index in [1.54, 1.807) is 0 Å². The van der Waals surface area contributed by atoms with Crippen LogP contribution in [-0.4, -0.2) is 81.4 Å². The van der Waals surface area contributed by atoms with E-state index in [0.717, 1.165) is 98.8 Å². The lowest BCUT2D eigenvalue weighted by atomic mass is 9.73. The van der Waals surface area contributed by atoms with E-state index in [9.17, 15) is 4.79 Å². The van der Waals surface area contributed by atoms with Gasteiger partial charge in [-0.1, -0.05) is 0 Å². The molecule has 0 aromatic carbocycles. The zero-order valence-corrected chi connectivity index (χ0v) is 28.2. The summed E-state index contributed by atoms with van der Waals surface area (Å²) in [6.07, 6.45) is 7.84. The van der Waals surface area contributed by atoms with Crippen LogP contribution in [0, 0.1) is 5.41 Å². The van der Waals surface area contributed by atoms with Crippen LogP contribution in [0.2, 0.25) is 0 Å². The first-order chi connectivity index (χ1) is 21.6. The summed E-state index contributed by atoms with van der Waals surface area (Å²) in [5.74, 6) is 1.59. The van der Waals surface area contributed by atoms with Crippen molar-refractivity contribution in [3.8, 4) is 0 Å². The van der Waals surface area contributed by atoms with Crippen molar-refractivity contribution < 1.29 is 19.0 Å². The van der Waals surface area contributed by atoms with Gasteiger partial charge in [-0.3, -0.25) is 4.98 Å². The second-order valence-corrected chi connectivity index (χ2v) is 14.6. The number of alkyl carbamates (subject to hydrolysis) is 1. The Bertz CT molecular complexity index is 1560. The summed E-state index contributed by atoms with van der Waals surface area (Å²) in [5, 5.41) is 8.29. The number of pyridine rings is 1. The molecule has 7 rings (SSSR count). The molecule has 4 aliphatic rings. The van der Waals surface area contributed by atoms with Crippen LogP contribution in [0.4, 0.5) is 22.1 Å². The summed E-state index contributed by atoms with van der Waals surface area (Å²) < 4.78 is 20.6. The van der Waals surface area contributed by atoms with Crippen LogP contribution in [0.15, 0.2) is 22.9 Å². The number of anilines is 3. The fraction of sp³-hybridized carbons (Fsp3) is 0.656. The van der Waals surface area contributed by atoms with E-state index in [4.69, 9.17) is 29.3 Å². The molecule has 0 bridgehead atoms. The number of hydrogen-bond donors (Lipinski definition) is 1. The number of carbonyl (C=O) groups excluding carboxylic acids is 1. The summed E-state index contributed by atoms with van der Waals surface area (Å²) in [7, 11) is 0. The number of rotatable bonds is 4. The zero-order chi connectivity index (χ0) is 31.3. The van der Waals surface area contributed by atoms with E-state index in [2.05, 4.69) is 42.1 Å². The zero-order valence-electron chi connectivity index (χ0n) is 26.6. The summed E-state index contributed by atoms with van der Waals surface area (Å²) in [6, 6.07) is 3.97. The van der Waals surface area contributed by atoms with E-state index in [0.29, 0.717) is 17.8 Å². The molecule has 1 spiro atoms. The van der Waals surface area contributed by atoms with Crippen molar-refractivity contribution in [3.05, 3.63) is 28.6 Å². The molecule has 0 radical (unpaired) electrons. The van der Waals surface area contributed by atoms with Gasteiger partial charge in [0.1, 0.15) is 10.2 Å². The molecule has 242 valence electrons. The van der Waals surface area contributed by atoms with Gasteiger partial charge in [0.2, 0.25) is 0 Å². The molecule has 1 N–H and O–H groups in total. The van der Waals surface area contributed by atoms with Gasteiger partial charge in [-0.05, 0) is 101 Å². The first kappa shape index (κ1) is 30.6. The number of piperidine rings is 1. The molecule has 1 amide bonds. The van der Waals surface area contributed by atoms with Crippen molar-refractivity contribution in [2.24, 2.45) is 5.41 Å². The Hall–Kier alpha value is -3.03. The van der Waals surface area contributed by atoms with E-state index < -0.39 is 11.7 Å². The number of hydrogen-bond acceptors (Lipinski definition) is 10. The molecule has 3 atom stereocenters. The predicted molar refractivity (Wildman–Crippen MR) is 174 cm³/mol. The average Bonchev–Trinajstić information content (AvgIpc) is 3.53. The quantitative estimate of drug-likeness (QED) is 0.369.